The molecule has 5 rings (SSSR count). The third-order valence-corrected chi connectivity index (χ3v) is 10.9. The lowest BCUT2D eigenvalue weighted by Crippen LogP contribution is -2.59. The van der Waals surface area contributed by atoms with Gasteiger partial charge in [0.2, 0.25) is 0 Å². The number of rotatable bonds is 4. The van der Waals surface area contributed by atoms with E-state index in [0.717, 1.165) is 18.9 Å². The summed E-state index contributed by atoms with van der Waals surface area (Å²) in [5, 5.41) is 3.82. The molecule has 0 amide bonds. The third-order valence-electron chi connectivity index (χ3n) is 10.9. The van der Waals surface area contributed by atoms with Gasteiger partial charge >= 0.3 is 5.97 Å². The number of hydrogen-bond acceptors (Lipinski definition) is 4. The van der Waals surface area contributed by atoms with Crippen LogP contribution in [0.25, 0.3) is 0 Å². The van der Waals surface area contributed by atoms with Crippen LogP contribution < -0.4 is 5.32 Å². The molecule has 4 fully saturated rings. The summed E-state index contributed by atoms with van der Waals surface area (Å²) in [5.41, 5.74) is 3.31. The molecule has 1 heterocycles. The maximum Gasteiger partial charge on any atom is 0.309 e. The van der Waals surface area contributed by atoms with Gasteiger partial charge in [0.1, 0.15) is 6.10 Å². The average Bonchev–Trinajstić information content (AvgIpc) is 3.31. The molecule has 4 nitrogen and oxygen atoms in total. The Labute approximate surface area is 201 Å². The Balaban J connectivity index is 1.47. The predicted molar refractivity (Wildman–Crippen MR) is 134 cm³/mol. The third kappa shape index (κ3) is 3.66. The van der Waals surface area contributed by atoms with Crippen LogP contribution in [0, 0.1) is 34.5 Å². The highest BCUT2D eigenvalue weighted by Gasteiger charge is 2.67. The molecular formula is C29H46N2O2. The Hall–Kier alpha value is -1.13. The molecule has 1 saturated heterocycles. The van der Waals surface area contributed by atoms with E-state index in [1.165, 1.54) is 44.1 Å². The molecule has 0 unspecified atom stereocenters. The molecule has 0 aromatic heterocycles. The van der Waals surface area contributed by atoms with Crippen LogP contribution in [0.2, 0.25) is 0 Å². The first-order chi connectivity index (χ1) is 15.7. The van der Waals surface area contributed by atoms with E-state index in [9.17, 15) is 4.79 Å². The standard InChI is InChI=1S/C29H46N2O2/c1-18(2)7-12-27(32)33-26-16-25-22(24-11-10-23-19(3)30-17-29(23,24)26)9-8-20-15-21(31(5)6)13-14-28(20,25)4/h7-8,19,21-26,30H,9-17H2,1-6H3/t19-,21-,22-,23+,24-,25-,26+,28-,29+/m0/s1. The van der Waals surface area contributed by atoms with Crippen molar-refractivity contribution in [2.24, 2.45) is 34.5 Å². The van der Waals surface area contributed by atoms with E-state index >= 15 is 0 Å². The lowest BCUT2D eigenvalue weighted by molar-refractivity contribution is -0.177. The quantitative estimate of drug-likeness (QED) is 0.459. The number of nitrogens with zero attached hydrogens (tertiary/aromatic N) is 1. The van der Waals surface area contributed by atoms with E-state index in [2.05, 4.69) is 58.1 Å². The molecule has 9 atom stereocenters. The molecule has 5 aliphatic rings. The zero-order valence-corrected chi connectivity index (χ0v) is 21.8. The van der Waals surface area contributed by atoms with Crippen molar-refractivity contribution in [1.82, 2.24) is 10.2 Å². The van der Waals surface area contributed by atoms with Crippen molar-refractivity contribution in [3.05, 3.63) is 23.3 Å². The summed E-state index contributed by atoms with van der Waals surface area (Å²) >= 11 is 0. The highest BCUT2D eigenvalue weighted by molar-refractivity contribution is 5.71. The van der Waals surface area contributed by atoms with Gasteiger partial charge in [-0.3, -0.25) is 4.79 Å². The molecule has 0 radical (unpaired) electrons. The van der Waals surface area contributed by atoms with Crippen molar-refractivity contribution >= 4 is 5.97 Å². The van der Waals surface area contributed by atoms with Gasteiger partial charge in [0.25, 0.3) is 0 Å². The Kier molecular flexibility index (Phi) is 6.09. The molecule has 4 heteroatoms. The van der Waals surface area contributed by atoms with Gasteiger partial charge in [-0.05, 0) is 109 Å². The van der Waals surface area contributed by atoms with Gasteiger partial charge in [-0.25, -0.2) is 0 Å². The fraction of sp³-hybridized carbons (Fsp3) is 0.828. The minimum absolute atomic E-state index is 0.0222. The maximum atomic E-state index is 13.0. The lowest BCUT2D eigenvalue weighted by atomic mass is 9.46. The molecule has 1 N–H and O–H groups in total. The average molecular weight is 455 g/mol. The minimum Gasteiger partial charge on any atom is -0.461 e. The van der Waals surface area contributed by atoms with Gasteiger partial charge in [0, 0.05) is 24.0 Å². The predicted octanol–water partition coefficient (Wildman–Crippen LogP) is 5.35. The molecular weight excluding hydrogens is 408 g/mol. The summed E-state index contributed by atoms with van der Waals surface area (Å²) in [6, 6.07) is 1.20. The van der Waals surface area contributed by atoms with E-state index in [1.807, 2.05) is 6.08 Å². The number of esters is 1. The van der Waals surface area contributed by atoms with Gasteiger partial charge in [-0.1, -0.05) is 30.2 Å². The topological polar surface area (TPSA) is 41.6 Å². The number of fused-ring (bicyclic) bond motifs is 4. The number of carbonyl (C=O) groups excluding carboxylic acids is 1. The fourth-order valence-corrected chi connectivity index (χ4v) is 9.13. The van der Waals surface area contributed by atoms with Gasteiger partial charge in [-0.15, -0.1) is 0 Å². The largest absolute Gasteiger partial charge is 0.461 e. The van der Waals surface area contributed by atoms with Crippen LogP contribution in [0.5, 0.6) is 0 Å². The Bertz CT molecular complexity index is 843. The SMILES string of the molecule is CC(C)=CCC(=O)O[C@@H]1C[C@H]2[C@@H](CC=C3C[C@@H](N(C)C)CC[C@@]32C)[C@@H]2CC[C@@H]3[C@H](C)NC[C@]312. The van der Waals surface area contributed by atoms with Crippen LogP contribution in [-0.4, -0.2) is 49.7 Å². The Morgan fingerprint density at radius 1 is 1.21 bits per heavy atom. The second kappa shape index (κ2) is 8.52. The van der Waals surface area contributed by atoms with Crippen molar-refractivity contribution < 1.29 is 9.53 Å². The summed E-state index contributed by atoms with van der Waals surface area (Å²) in [6.45, 7) is 10.1. The number of nitrogens with one attached hydrogen (secondary N) is 1. The number of allylic oxidation sites excluding steroid dienone is 2. The van der Waals surface area contributed by atoms with Crippen LogP contribution in [0.15, 0.2) is 23.3 Å². The van der Waals surface area contributed by atoms with Crippen molar-refractivity contribution in [3.8, 4) is 0 Å². The monoisotopic (exact) mass is 454 g/mol. The highest BCUT2D eigenvalue weighted by Crippen LogP contribution is 2.68. The highest BCUT2D eigenvalue weighted by atomic mass is 16.5. The molecule has 1 spiro atoms. The zero-order chi connectivity index (χ0) is 23.5. The van der Waals surface area contributed by atoms with E-state index in [4.69, 9.17) is 4.74 Å². The molecule has 184 valence electrons. The molecule has 0 bridgehead atoms. The van der Waals surface area contributed by atoms with Crippen LogP contribution in [0.4, 0.5) is 0 Å². The van der Waals surface area contributed by atoms with Gasteiger partial charge in [-0.2, -0.15) is 0 Å². The second-order valence-electron chi connectivity index (χ2n) is 12.8. The summed E-state index contributed by atoms with van der Waals surface area (Å²) in [6.07, 6.45) is 13.8. The number of ether oxygens (including phenoxy) is 1. The van der Waals surface area contributed by atoms with Gasteiger partial charge < -0.3 is 15.0 Å². The minimum atomic E-state index is -0.0222. The first-order valence-electron chi connectivity index (χ1n) is 13.6. The molecule has 0 aromatic carbocycles. The second-order valence-corrected chi connectivity index (χ2v) is 12.8. The summed E-state index contributed by atoms with van der Waals surface area (Å²) in [7, 11) is 4.47. The van der Waals surface area contributed by atoms with E-state index in [0.29, 0.717) is 36.3 Å². The van der Waals surface area contributed by atoms with Crippen molar-refractivity contribution in [3.63, 3.8) is 0 Å². The van der Waals surface area contributed by atoms with Crippen molar-refractivity contribution in [2.45, 2.75) is 97.2 Å². The van der Waals surface area contributed by atoms with Crippen LogP contribution in [0.3, 0.4) is 0 Å². The van der Waals surface area contributed by atoms with Crippen molar-refractivity contribution in [2.75, 3.05) is 20.6 Å². The normalized spacial score (nSPS) is 46.0. The number of hydrogen-bond donors (Lipinski definition) is 1. The van der Waals surface area contributed by atoms with E-state index in [-0.39, 0.29) is 22.9 Å². The first-order valence-corrected chi connectivity index (χ1v) is 13.6. The summed E-state index contributed by atoms with van der Waals surface area (Å²) in [4.78, 5) is 15.4. The van der Waals surface area contributed by atoms with Crippen LogP contribution in [-0.2, 0) is 9.53 Å². The molecule has 3 saturated carbocycles. The molecule has 33 heavy (non-hydrogen) atoms. The summed E-state index contributed by atoms with van der Waals surface area (Å²) in [5.74, 6) is 2.70. The first kappa shape index (κ1) is 23.6. The Morgan fingerprint density at radius 2 is 1.97 bits per heavy atom. The van der Waals surface area contributed by atoms with Crippen LogP contribution >= 0.6 is 0 Å². The smallest absolute Gasteiger partial charge is 0.309 e. The molecule has 0 aromatic rings. The zero-order valence-electron chi connectivity index (χ0n) is 21.8. The van der Waals surface area contributed by atoms with Gasteiger partial charge in [0.15, 0.2) is 0 Å². The number of carbonyl (C=O) groups is 1. The van der Waals surface area contributed by atoms with E-state index < -0.39 is 0 Å². The Morgan fingerprint density at radius 3 is 2.70 bits per heavy atom. The van der Waals surface area contributed by atoms with Gasteiger partial charge in [0.05, 0.1) is 6.42 Å². The molecule has 1 aliphatic heterocycles. The molecule has 4 aliphatic carbocycles. The van der Waals surface area contributed by atoms with Crippen molar-refractivity contribution in [1.29, 1.82) is 0 Å². The maximum absolute atomic E-state index is 13.0. The van der Waals surface area contributed by atoms with E-state index in [1.54, 1.807) is 5.57 Å². The summed E-state index contributed by atoms with van der Waals surface area (Å²) < 4.78 is 6.49. The fourth-order valence-electron chi connectivity index (χ4n) is 9.13. The lowest BCUT2D eigenvalue weighted by Gasteiger charge is -2.60. The van der Waals surface area contributed by atoms with Crippen LogP contribution in [0.1, 0.15) is 79.1 Å².